The summed E-state index contributed by atoms with van der Waals surface area (Å²) in [4.78, 5) is 37.0. The highest BCUT2D eigenvalue weighted by Crippen LogP contribution is 2.52. The Kier molecular flexibility index (Phi) is 8.29. The van der Waals surface area contributed by atoms with Crippen molar-refractivity contribution in [3.8, 4) is 11.5 Å². The highest BCUT2D eigenvalue weighted by atomic mass is 32.5. The first-order valence-corrected chi connectivity index (χ1v) is 12.2. The zero-order chi connectivity index (χ0) is 23.7. The van der Waals surface area contributed by atoms with Crippen molar-refractivity contribution in [3.05, 3.63) is 72.5 Å². The van der Waals surface area contributed by atoms with Crippen LogP contribution in [0.4, 0.5) is 11.4 Å². The number of hydrogen-bond acceptors (Lipinski definition) is 8. The number of carbonyl (C=O) groups excluding carboxylic acids is 3. The zero-order valence-electron chi connectivity index (χ0n) is 17.5. The van der Waals surface area contributed by atoms with Crippen molar-refractivity contribution in [1.82, 2.24) is 4.90 Å². The number of allylic oxidation sites excluding steroid dienone is 1. The standard InChI is InChI=1S/C22H20N3O6PS/c1-25(16-28)19-6-12-22(13-7-19)31-32(33,29-20-8-2-17(3-9-20)23-14-26)30-21-10-4-18(5-11-21)24-15-27/h2-12,14,16,22H,13H2,1H3,(H,23,26). The molecule has 2 aromatic rings. The molecule has 0 spiro atoms. The van der Waals surface area contributed by atoms with Gasteiger partial charge in [-0.25, -0.2) is 4.79 Å². The normalized spacial score (nSPS) is 16.4. The van der Waals surface area contributed by atoms with E-state index in [-0.39, 0.29) is 0 Å². The van der Waals surface area contributed by atoms with Gasteiger partial charge < -0.3 is 19.3 Å². The van der Waals surface area contributed by atoms with Gasteiger partial charge in [-0.15, -0.1) is 0 Å². The van der Waals surface area contributed by atoms with Crippen LogP contribution in [0.2, 0.25) is 0 Å². The molecule has 0 saturated carbocycles. The fraction of sp³-hybridized carbons (Fsp3) is 0.136. The molecule has 2 atom stereocenters. The van der Waals surface area contributed by atoms with Crippen LogP contribution >= 0.6 is 6.72 Å². The highest BCUT2D eigenvalue weighted by Gasteiger charge is 2.29. The van der Waals surface area contributed by atoms with E-state index < -0.39 is 12.8 Å². The lowest BCUT2D eigenvalue weighted by Crippen LogP contribution is -2.20. The lowest BCUT2D eigenvalue weighted by Gasteiger charge is -2.27. The second-order valence-corrected chi connectivity index (χ2v) is 9.51. The van der Waals surface area contributed by atoms with Crippen molar-refractivity contribution in [3.63, 3.8) is 0 Å². The first-order valence-electron chi connectivity index (χ1n) is 9.67. The van der Waals surface area contributed by atoms with Crippen LogP contribution in [0.5, 0.6) is 11.5 Å². The second-order valence-electron chi connectivity index (χ2n) is 6.70. The molecule has 1 aliphatic rings. The van der Waals surface area contributed by atoms with Crippen molar-refractivity contribution in [2.24, 2.45) is 4.99 Å². The Hall–Kier alpha value is -3.55. The van der Waals surface area contributed by atoms with Gasteiger partial charge in [-0.3, -0.25) is 14.1 Å². The van der Waals surface area contributed by atoms with Gasteiger partial charge in [-0.05, 0) is 61.0 Å². The lowest BCUT2D eigenvalue weighted by molar-refractivity contribution is -0.115. The molecule has 0 fully saturated rings. The molecule has 2 amide bonds. The molecule has 170 valence electrons. The predicted octanol–water partition coefficient (Wildman–Crippen LogP) is 4.22. The van der Waals surface area contributed by atoms with Crippen molar-refractivity contribution >= 4 is 48.8 Å². The minimum Gasteiger partial charge on any atom is -0.416 e. The summed E-state index contributed by atoms with van der Waals surface area (Å²) in [5, 5.41) is 2.54. The van der Waals surface area contributed by atoms with E-state index in [1.165, 1.54) is 11.0 Å². The molecular formula is C22H20N3O6PS. The number of isocyanates is 1. The predicted molar refractivity (Wildman–Crippen MR) is 126 cm³/mol. The molecule has 0 bridgehead atoms. The fourth-order valence-corrected chi connectivity index (χ4v) is 5.01. The van der Waals surface area contributed by atoms with Crippen LogP contribution < -0.4 is 14.4 Å². The Bertz CT molecular complexity index is 1140. The Morgan fingerprint density at radius 1 is 1.12 bits per heavy atom. The van der Waals surface area contributed by atoms with Crippen molar-refractivity contribution in [2.45, 2.75) is 12.5 Å². The SMILES string of the molecule is CN(C=O)C1=CCC(OP(=S)(Oc2ccc(N=C=O)cc2)Oc2ccc(NC=O)cc2)C=C1. The first-order chi connectivity index (χ1) is 15.9. The van der Waals surface area contributed by atoms with Crippen molar-refractivity contribution in [2.75, 3.05) is 12.4 Å². The van der Waals surface area contributed by atoms with Crippen LogP contribution in [-0.4, -0.2) is 37.0 Å². The number of hydrogen-bond donors (Lipinski definition) is 1. The maximum absolute atomic E-state index is 11.0. The molecule has 33 heavy (non-hydrogen) atoms. The number of likely N-dealkylation sites (N-methyl/N-ethyl adjacent to an activating group) is 1. The monoisotopic (exact) mass is 485 g/mol. The Morgan fingerprint density at radius 2 is 1.76 bits per heavy atom. The van der Waals surface area contributed by atoms with E-state index >= 15 is 0 Å². The summed E-state index contributed by atoms with van der Waals surface area (Å²) >= 11 is 5.68. The van der Waals surface area contributed by atoms with Crippen LogP contribution in [0.3, 0.4) is 0 Å². The largest absolute Gasteiger partial charge is 0.435 e. The maximum Gasteiger partial charge on any atom is 0.435 e. The molecule has 11 heteroatoms. The average molecular weight is 485 g/mol. The van der Waals surface area contributed by atoms with Crippen LogP contribution in [0, 0.1) is 0 Å². The Balaban J connectivity index is 1.80. The summed E-state index contributed by atoms with van der Waals surface area (Å²) in [6.07, 6.45) is 8.18. The van der Waals surface area contributed by atoms with Crippen LogP contribution in [0.1, 0.15) is 6.42 Å². The van der Waals surface area contributed by atoms with Gasteiger partial charge in [-0.2, -0.15) is 4.99 Å². The van der Waals surface area contributed by atoms with Gasteiger partial charge in [0.1, 0.15) is 11.5 Å². The molecule has 0 heterocycles. The number of nitrogens with one attached hydrogen (secondary N) is 1. The van der Waals surface area contributed by atoms with E-state index in [0.717, 1.165) is 12.1 Å². The Morgan fingerprint density at radius 3 is 2.27 bits per heavy atom. The number of aliphatic imine (C=N–C) groups is 1. The minimum atomic E-state index is -3.37. The van der Waals surface area contributed by atoms with Gasteiger partial charge in [0, 0.05) is 30.2 Å². The molecule has 2 aromatic carbocycles. The molecule has 2 unspecified atom stereocenters. The molecule has 0 radical (unpaired) electrons. The van der Waals surface area contributed by atoms with Crippen molar-refractivity contribution in [1.29, 1.82) is 0 Å². The van der Waals surface area contributed by atoms with Crippen LogP contribution in [0.25, 0.3) is 0 Å². The third-order valence-electron chi connectivity index (χ3n) is 4.40. The van der Waals surface area contributed by atoms with Crippen LogP contribution in [0.15, 0.2) is 77.4 Å². The van der Waals surface area contributed by atoms with E-state index in [9.17, 15) is 14.4 Å². The number of amides is 2. The van der Waals surface area contributed by atoms with E-state index in [1.807, 2.05) is 6.08 Å². The van der Waals surface area contributed by atoms with E-state index in [4.69, 9.17) is 25.4 Å². The number of rotatable bonds is 11. The molecule has 0 saturated heterocycles. The second kappa shape index (κ2) is 11.4. The van der Waals surface area contributed by atoms with Gasteiger partial charge >= 0.3 is 6.72 Å². The summed E-state index contributed by atoms with van der Waals surface area (Å²) in [5.74, 6) is 0.771. The molecule has 1 aliphatic carbocycles. The van der Waals surface area contributed by atoms with Gasteiger partial charge in [0.15, 0.2) is 0 Å². The van der Waals surface area contributed by atoms with Gasteiger partial charge in [-0.1, -0.05) is 12.2 Å². The number of carbonyl (C=O) groups is 2. The maximum atomic E-state index is 11.0. The quantitative estimate of drug-likeness (QED) is 0.220. The summed E-state index contributed by atoms with van der Waals surface area (Å²) < 4.78 is 18.0. The Labute approximate surface area is 195 Å². The topological polar surface area (TPSA) is 107 Å². The third kappa shape index (κ3) is 6.97. The van der Waals surface area contributed by atoms with E-state index in [0.29, 0.717) is 35.7 Å². The fourth-order valence-electron chi connectivity index (χ4n) is 2.79. The molecule has 9 nitrogen and oxygen atoms in total. The summed E-state index contributed by atoms with van der Waals surface area (Å²) in [7, 11) is 1.66. The summed E-state index contributed by atoms with van der Waals surface area (Å²) in [5.41, 5.74) is 1.74. The summed E-state index contributed by atoms with van der Waals surface area (Å²) in [6.45, 7) is -3.37. The smallest absolute Gasteiger partial charge is 0.416 e. The molecule has 0 aromatic heterocycles. The molecular weight excluding hydrogens is 465 g/mol. The third-order valence-corrected chi connectivity index (χ3v) is 6.50. The van der Waals surface area contributed by atoms with Gasteiger partial charge in [0.05, 0.1) is 11.8 Å². The van der Waals surface area contributed by atoms with Gasteiger partial charge in [0.25, 0.3) is 0 Å². The highest BCUT2D eigenvalue weighted by molar-refractivity contribution is 8.07. The first kappa shape index (κ1) is 24.1. The number of nitrogens with zero attached hydrogens (tertiary/aromatic N) is 2. The average Bonchev–Trinajstić information content (AvgIpc) is 2.82. The zero-order valence-corrected chi connectivity index (χ0v) is 19.2. The molecule has 3 rings (SSSR count). The minimum absolute atomic E-state index is 0.374. The van der Waals surface area contributed by atoms with Crippen molar-refractivity contribution < 1.29 is 28.0 Å². The molecule has 1 N–H and O–H groups in total. The van der Waals surface area contributed by atoms with E-state index in [1.54, 1.807) is 67.7 Å². The summed E-state index contributed by atoms with van der Waals surface area (Å²) in [6, 6.07) is 12.9. The van der Waals surface area contributed by atoms with Gasteiger partial charge in [0.2, 0.25) is 18.9 Å². The van der Waals surface area contributed by atoms with Crippen LogP contribution in [-0.2, 0) is 30.7 Å². The number of anilines is 1. The number of benzene rings is 2. The lowest BCUT2D eigenvalue weighted by atomic mass is 10.1. The molecule has 0 aliphatic heterocycles. The van der Waals surface area contributed by atoms with E-state index in [2.05, 4.69) is 10.3 Å².